The van der Waals surface area contributed by atoms with Gasteiger partial charge in [-0.25, -0.2) is 0 Å². The summed E-state index contributed by atoms with van der Waals surface area (Å²) in [6.07, 6.45) is 2.14. The number of para-hydroxylation sites is 1. The maximum atomic E-state index is 5.47. The van der Waals surface area contributed by atoms with Crippen LogP contribution in [0.1, 0.15) is 49.6 Å². The zero-order valence-electron chi connectivity index (χ0n) is 16.9. The molecule has 0 spiro atoms. The van der Waals surface area contributed by atoms with E-state index in [1.165, 1.54) is 0 Å². The van der Waals surface area contributed by atoms with E-state index < -0.39 is 0 Å². The van der Waals surface area contributed by atoms with E-state index in [4.69, 9.17) is 9.26 Å². The minimum absolute atomic E-state index is 0. The van der Waals surface area contributed by atoms with Crippen molar-refractivity contribution >= 4 is 29.9 Å². The standard InChI is InChI=1S/C20H30N4O2.HI/c1-6-15(7-2)18-12-17(26-23-18)13-22-20(21-3)24(4)14-16-10-8-9-11-19(16)25-5;/h8-12,15H,6-7,13-14H2,1-5H3,(H,21,22);1H. The van der Waals surface area contributed by atoms with E-state index in [9.17, 15) is 0 Å². The summed E-state index contributed by atoms with van der Waals surface area (Å²) >= 11 is 0. The molecule has 0 aliphatic rings. The third-order valence-corrected chi connectivity index (χ3v) is 4.58. The number of aromatic nitrogens is 1. The summed E-state index contributed by atoms with van der Waals surface area (Å²) in [7, 11) is 5.46. The van der Waals surface area contributed by atoms with Crippen LogP contribution in [0.15, 0.2) is 39.8 Å². The predicted molar refractivity (Wildman–Crippen MR) is 120 cm³/mol. The molecule has 7 heteroatoms. The molecule has 0 bridgehead atoms. The van der Waals surface area contributed by atoms with Gasteiger partial charge < -0.3 is 19.5 Å². The van der Waals surface area contributed by atoms with Crippen LogP contribution >= 0.6 is 24.0 Å². The van der Waals surface area contributed by atoms with Crippen LogP contribution in [0.3, 0.4) is 0 Å². The highest BCUT2D eigenvalue weighted by Crippen LogP contribution is 2.22. The summed E-state index contributed by atoms with van der Waals surface area (Å²) in [5.41, 5.74) is 2.14. The third-order valence-electron chi connectivity index (χ3n) is 4.58. The van der Waals surface area contributed by atoms with Crippen molar-refractivity contribution in [1.82, 2.24) is 15.4 Å². The Balaban J connectivity index is 0.00000364. The van der Waals surface area contributed by atoms with E-state index in [2.05, 4.69) is 40.3 Å². The quantitative estimate of drug-likeness (QED) is 0.340. The maximum absolute atomic E-state index is 5.47. The predicted octanol–water partition coefficient (Wildman–Crippen LogP) is 4.41. The number of benzene rings is 1. The van der Waals surface area contributed by atoms with Crippen LogP contribution in [-0.2, 0) is 13.1 Å². The Morgan fingerprint density at radius 1 is 1.30 bits per heavy atom. The van der Waals surface area contributed by atoms with Crippen LogP contribution in [0.2, 0.25) is 0 Å². The Morgan fingerprint density at radius 3 is 2.63 bits per heavy atom. The second-order valence-electron chi connectivity index (χ2n) is 6.30. The molecule has 6 nitrogen and oxygen atoms in total. The first-order valence-electron chi connectivity index (χ1n) is 9.12. The Kier molecular flexibility index (Phi) is 10.2. The van der Waals surface area contributed by atoms with E-state index in [1.54, 1.807) is 14.2 Å². The van der Waals surface area contributed by atoms with Crippen LogP contribution in [0.5, 0.6) is 5.75 Å². The fraction of sp³-hybridized carbons (Fsp3) is 0.500. The second kappa shape index (κ2) is 11.8. The van der Waals surface area contributed by atoms with Gasteiger partial charge in [0.25, 0.3) is 0 Å². The van der Waals surface area contributed by atoms with Crippen molar-refractivity contribution in [3.05, 3.63) is 47.3 Å². The van der Waals surface area contributed by atoms with E-state index in [-0.39, 0.29) is 24.0 Å². The summed E-state index contributed by atoms with van der Waals surface area (Å²) in [6, 6.07) is 10.0. The number of nitrogens with one attached hydrogen (secondary N) is 1. The molecule has 27 heavy (non-hydrogen) atoms. The van der Waals surface area contributed by atoms with Crippen molar-refractivity contribution < 1.29 is 9.26 Å². The van der Waals surface area contributed by atoms with Crippen molar-refractivity contribution in [3.8, 4) is 5.75 Å². The Hall–Kier alpha value is -1.77. The van der Waals surface area contributed by atoms with Gasteiger partial charge in [-0.15, -0.1) is 24.0 Å². The molecule has 0 fully saturated rings. The van der Waals surface area contributed by atoms with Gasteiger partial charge in [0, 0.05) is 38.2 Å². The van der Waals surface area contributed by atoms with Crippen LogP contribution < -0.4 is 10.1 Å². The number of nitrogens with zero attached hydrogens (tertiary/aromatic N) is 3. The number of guanidine groups is 1. The fourth-order valence-corrected chi connectivity index (χ4v) is 3.03. The van der Waals surface area contributed by atoms with E-state index >= 15 is 0 Å². The van der Waals surface area contributed by atoms with Gasteiger partial charge >= 0.3 is 0 Å². The highest BCUT2D eigenvalue weighted by atomic mass is 127. The van der Waals surface area contributed by atoms with Crippen molar-refractivity contribution in [2.45, 2.75) is 45.7 Å². The summed E-state index contributed by atoms with van der Waals surface area (Å²) < 4.78 is 10.9. The molecular weight excluding hydrogens is 455 g/mol. The number of methoxy groups -OCH3 is 1. The lowest BCUT2D eigenvalue weighted by Gasteiger charge is -2.22. The largest absolute Gasteiger partial charge is 0.496 e. The van der Waals surface area contributed by atoms with Crippen LogP contribution in [0.25, 0.3) is 0 Å². The zero-order valence-corrected chi connectivity index (χ0v) is 19.2. The molecule has 0 unspecified atom stereocenters. The fourth-order valence-electron chi connectivity index (χ4n) is 3.03. The highest BCUT2D eigenvalue weighted by molar-refractivity contribution is 14.0. The minimum Gasteiger partial charge on any atom is -0.496 e. The van der Waals surface area contributed by atoms with Crippen molar-refractivity contribution in [2.75, 3.05) is 21.2 Å². The average molecular weight is 486 g/mol. The van der Waals surface area contributed by atoms with Crippen LogP contribution in [-0.4, -0.2) is 37.2 Å². The van der Waals surface area contributed by atoms with Crippen molar-refractivity contribution in [2.24, 2.45) is 4.99 Å². The number of halogens is 1. The molecule has 1 aromatic carbocycles. The minimum atomic E-state index is 0. The molecule has 0 saturated heterocycles. The molecule has 2 rings (SSSR count). The van der Waals surface area contributed by atoms with Crippen LogP contribution in [0, 0.1) is 0 Å². The first-order valence-corrected chi connectivity index (χ1v) is 9.12. The first kappa shape index (κ1) is 23.3. The van der Waals surface area contributed by atoms with Gasteiger partial charge in [0.15, 0.2) is 11.7 Å². The molecule has 1 aromatic heterocycles. The Bertz CT molecular complexity index is 714. The number of aliphatic imine (C=N–C) groups is 1. The lowest BCUT2D eigenvalue weighted by molar-refractivity contribution is 0.364. The summed E-state index contributed by atoms with van der Waals surface area (Å²) in [6.45, 7) is 5.60. The SMILES string of the molecule is CCC(CC)c1cc(CNC(=NC)N(C)Cc2ccccc2OC)on1.I. The van der Waals surface area contributed by atoms with Gasteiger partial charge in [0.1, 0.15) is 5.75 Å². The molecule has 0 amide bonds. The van der Waals surface area contributed by atoms with Gasteiger partial charge in [-0.05, 0) is 18.9 Å². The molecule has 0 radical (unpaired) electrons. The van der Waals surface area contributed by atoms with E-state index in [0.29, 0.717) is 19.0 Å². The topological polar surface area (TPSA) is 62.9 Å². The first-order chi connectivity index (χ1) is 12.6. The number of hydrogen-bond acceptors (Lipinski definition) is 4. The lowest BCUT2D eigenvalue weighted by Crippen LogP contribution is -2.38. The maximum Gasteiger partial charge on any atom is 0.194 e. The Morgan fingerprint density at radius 2 is 2.00 bits per heavy atom. The summed E-state index contributed by atoms with van der Waals surface area (Å²) in [5, 5.41) is 7.55. The normalized spacial score (nSPS) is 11.3. The third kappa shape index (κ3) is 6.41. The van der Waals surface area contributed by atoms with Crippen molar-refractivity contribution in [1.29, 1.82) is 0 Å². The summed E-state index contributed by atoms with van der Waals surface area (Å²) in [4.78, 5) is 6.41. The van der Waals surface area contributed by atoms with Gasteiger partial charge in [0.2, 0.25) is 0 Å². The van der Waals surface area contributed by atoms with Gasteiger partial charge in [-0.3, -0.25) is 4.99 Å². The smallest absolute Gasteiger partial charge is 0.194 e. The molecule has 2 aromatic rings. The number of hydrogen-bond donors (Lipinski definition) is 1. The molecule has 0 saturated carbocycles. The second-order valence-corrected chi connectivity index (χ2v) is 6.30. The van der Waals surface area contributed by atoms with Gasteiger partial charge in [0.05, 0.1) is 19.3 Å². The van der Waals surface area contributed by atoms with Crippen LogP contribution in [0.4, 0.5) is 0 Å². The molecule has 0 atom stereocenters. The molecule has 0 aliphatic heterocycles. The van der Waals surface area contributed by atoms with E-state index in [0.717, 1.165) is 41.6 Å². The molecule has 1 N–H and O–H groups in total. The summed E-state index contributed by atoms with van der Waals surface area (Å²) in [5.74, 6) is 2.94. The lowest BCUT2D eigenvalue weighted by atomic mass is 9.99. The van der Waals surface area contributed by atoms with E-state index in [1.807, 2.05) is 31.3 Å². The number of ether oxygens (including phenoxy) is 1. The zero-order chi connectivity index (χ0) is 18.9. The molecule has 150 valence electrons. The number of rotatable bonds is 8. The van der Waals surface area contributed by atoms with Crippen molar-refractivity contribution in [3.63, 3.8) is 0 Å². The highest BCUT2D eigenvalue weighted by Gasteiger charge is 2.14. The molecular formula is C20H31IN4O2. The average Bonchev–Trinajstić information content (AvgIpc) is 3.12. The Labute approximate surface area is 179 Å². The van der Waals surface area contributed by atoms with Gasteiger partial charge in [-0.2, -0.15) is 0 Å². The monoisotopic (exact) mass is 486 g/mol. The molecule has 0 aliphatic carbocycles. The van der Waals surface area contributed by atoms with Gasteiger partial charge in [-0.1, -0.05) is 37.2 Å². The molecule has 1 heterocycles.